The van der Waals surface area contributed by atoms with Crippen LogP contribution in [-0.2, 0) is 0 Å². The maximum absolute atomic E-state index is 5.62. The van der Waals surface area contributed by atoms with Crippen LogP contribution in [0.2, 0.25) is 0 Å². The molecule has 0 bridgehead atoms. The third-order valence-corrected chi connectivity index (χ3v) is 1.91. The van der Waals surface area contributed by atoms with E-state index < -0.39 is 0 Å². The predicted molar refractivity (Wildman–Crippen MR) is 46.7 cm³/mol. The van der Waals surface area contributed by atoms with E-state index in [1.54, 1.807) is 6.21 Å². The highest BCUT2D eigenvalue weighted by Gasteiger charge is 1.92. The zero-order valence-electron chi connectivity index (χ0n) is 5.22. The van der Waals surface area contributed by atoms with Crippen molar-refractivity contribution in [2.45, 2.75) is 12.4 Å². The van der Waals surface area contributed by atoms with Crippen LogP contribution in [0.4, 0.5) is 0 Å². The number of rotatable bonds is 3. The van der Waals surface area contributed by atoms with Gasteiger partial charge in [0.1, 0.15) is 5.50 Å². The minimum absolute atomic E-state index is 0.138. The Labute approximate surface area is 68.9 Å². The van der Waals surface area contributed by atoms with Crippen LogP contribution in [0.3, 0.4) is 0 Å². The van der Waals surface area contributed by atoms with Crippen LogP contribution >= 0.6 is 27.5 Å². The topological polar surface area (TPSA) is 12.4 Å². The van der Waals surface area contributed by atoms with Gasteiger partial charge in [-0.3, -0.25) is 4.99 Å². The zero-order chi connectivity index (χ0) is 7.11. The summed E-state index contributed by atoms with van der Waals surface area (Å²) in [6.07, 6.45) is 5.44. The van der Waals surface area contributed by atoms with Crippen LogP contribution in [0.25, 0.3) is 0 Å². The second-order valence-electron chi connectivity index (χ2n) is 1.41. The van der Waals surface area contributed by atoms with Crippen molar-refractivity contribution in [2.75, 3.05) is 5.33 Å². The zero-order valence-corrected chi connectivity index (χ0v) is 7.56. The van der Waals surface area contributed by atoms with Crippen molar-refractivity contribution in [3.05, 3.63) is 12.2 Å². The van der Waals surface area contributed by atoms with Gasteiger partial charge in [-0.1, -0.05) is 33.6 Å². The monoisotopic (exact) mass is 209 g/mol. The van der Waals surface area contributed by atoms with E-state index in [0.717, 1.165) is 0 Å². The Bertz CT molecular complexity index is 112. The second-order valence-corrected chi connectivity index (χ2v) is 2.56. The number of halogens is 2. The second kappa shape index (κ2) is 6.30. The third-order valence-electron chi connectivity index (χ3n) is 0.654. The molecular weight excluding hydrogens is 201 g/mol. The van der Waals surface area contributed by atoms with E-state index in [2.05, 4.69) is 20.9 Å². The van der Waals surface area contributed by atoms with Gasteiger partial charge in [-0.2, -0.15) is 0 Å². The van der Waals surface area contributed by atoms with E-state index in [1.807, 2.05) is 19.1 Å². The average Bonchev–Trinajstić information content (AvgIpc) is 1.89. The molecule has 0 aliphatic carbocycles. The van der Waals surface area contributed by atoms with Crippen LogP contribution in [0, 0.1) is 0 Å². The average molecular weight is 211 g/mol. The minimum atomic E-state index is -0.138. The van der Waals surface area contributed by atoms with E-state index in [9.17, 15) is 0 Å². The molecule has 1 atom stereocenters. The van der Waals surface area contributed by atoms with Crippen molar-refractivity contribution in [1.29, 1.82) is 0 Å². The summed E-state index contributed by atoms with van der Waals surface area (Å²) in [5.41, 5.74) is -0.138. The summed E-state index contributed by atoms with van der Waals surface area (Å²) in [5, 5.41) is 0.697. The quantitative estimate of drug-likeness (QED) is 0.386. The molecule has 0 aliphatic rings. The van der Waals surface area contributed by atoms with Gasteiger partial charge in [-0.25, -0.2) is 0 Å². The molecule has 0 heterocycles. The van der Waals surface area contributed by atoms with Crippen LogP contribution in [0.1, 0.15) is 6.92 Å². The molecule has 0 aliphatic heterocycles. The molecular formula is C6H9BrClN. The van der Waals surface area contributed by atoms with Crippen molar-refractivity contribution < 1.29 is 0 Å². The van der Waals surface area contributed by atoms with Crippen LogP contribution in [0.15, 0.2) is 17.1 Å². The summed E-state index contributed by atoms with van der Waals surface area (Å²) in [6, 6.07) is 0. The lowest BCUT2D eigenvalue weighted by atomic mass is 10.6. The SMILES string of the molecule is C/C=C\C=NC(Cl)CBr. The molecule has 0 N–H and O–H groups in total. The number of alkyl halides is 2. The summed E-state index contributed by atoms with van der Waals surface area (Å²) in [7, 11) is 0. The molecule has 3 heteroatoms. The number of aliphatic imine (C=N–C) groups is 1. The van der Waals surface area contributed by atoms with Gasteiger partial charge in [-0.05, 0) is 13.0 Å². The van der Waals surface area contributed by atoms with Gasteiger partial charge in [0.2, 0.25) is 0 Å². The molecule has 0 rings (SSSR count). The summed E-state index contributed by atoms with van der Waals surface area (Å²) < 4.78 is 0. The van der Waals surface area contributed by atoms with E-state index in [-0.39, 0.29) is 5.50 Å². The first kappa shape index (κ1) is 9.18. The van der Waals surface area contributed by atoms with Gasteiger partial charge >= 0.3 is 0 Å². The van der Waals surface area contributed by atoms with Crippen LogP contribution < -0.4 is 0 Å². The molecule has 0 saturated carbocycles. The number of allylic oxidation sites excluding steroid dienone is 2. The fourth-order valence-corrected chi connectivity index (χ4v) is 0.501. The van der Waals surface area contributed by atoms with Crippen molar-refractivity contribution >= 4 is 33.7 Å². The highest BCUT2D eigenvalue weighted by molar-refractivity contribution is 9.09. The highest BCUT2D eigenvalue weighted by Crippen LogP contribution is 1.99. The molecule has 0 fully saturated rings. The first-order valence-electron chi connectivity index (χ1n) is 2.65. The van der Waals surface area contributed by atoms with Gasteiger partial charge in [-0.15, -0.1) is 0 Å². The first-order chi connectivity index (χ1) is 4.31. The molecule has 1 nitrogen and oxygen atoms in total. The first-order valence-corrected chi connectivity index (χ1v) is 4.21. The lowest BCUT2D eigenvalue weighted by Crippen LogP contribution is -1.93. The summed E-state index contributed by atoms with van der Waals surface area (Å²) in [5.74, 6) is 0. The maximum atomic E-state index is 5.62. The highest BCUT2D eigenvalue weighted by atomic mass is 79.9. The Balaban J connectivity index is 3.43. The van der Waals surface area contributed by atoms with Gasteiger partial charge in [0, 0.05) is 11.5 Å². The Morgan fingerprint density at radius 3 is 2.89 bits per heavy atom. The van der Waals surface area contributed by atoms with E-state index in [1.165, 1.54) is 0 Å². The smallest absolute Gasteiger partial charge is 0.133 e. The molecule has 0 aromatic carbocycles. The van der Waals surface area contributed by atoms with Gasteiger partial charge in [0.15, 0.2) is 0 Å². The summed E-state index contributed by atoms with van der Waals surface area (Å²) in [6.45, 7) is 1.93. The number of hydrogen-bond donors (Lipinski definition) is 0. The Kier molecular flexibility index (Phi) is 6.43. The molecule has 0 aromatic rings. The van der Waals surface area contributed by atoms with Crippen molar-refractivity contribution in [2.24, 2.45) is 4.99 Å². The van der Waals surface area contributed by atoms with Gasteiger partial charge < -0.3 is 0 Å². The fourth-order valence-electron chi connectivity index (χ4n) is 0.269. The van der Waals surface area contributed by atoms with Crippen molar-refractivity contribution in [3.63, 3.8) is 0 Å². The summed E-state index contributed by atoms with van der Waals surface area (Å²) in [4.78, 5) is 3.94. The Morgan fingerprint density at radius 2 is 2.44 bits per heavy atom. The Morgan fingerprint density at radius 1 is 1.78 bits per heavy atom. The molecule has 0 aromatic heterocycles. The lowest BCUT2D eigenvalue weighted by molar-refractivity contribution is 1.06. The van der Waals surface area contributed by atoms with E-state index in [0.29, 0.717) is 5.33 Å². The predicted octanol–water partition coefficient (Wildman–Crippen LogP) is 2.59. The third kappa shape index (κ3) is 6.06. The lowest BCUT2D eigenvalue weighted by Gasteiger charge is -1.92. The molecule has 0 radical (unpaired) electrons. The van der Waals surface area contributed by atoms with Crippen LogP contribution in [0.5, 0.6) is 0 Å². The van der Waals surface area contributed by atoms with Crippen molar-refractivity contribution in [3.8, 4) is 0 Å². The van der Waals surface area contributed by atoms with E-state index in [4.69, 9.17) is 11.6 Å². The van der Waals surface area contributed by atoms with Crippen LogP contribution in [-0.4, -0.2) is 17.0 Å². The Hall–Kier alpha value is 0.180. The molecule has 0 spiro atoms. The maximum Gasteiger partial charge on any atom is 0.133 e. The molecule has 52 valence electrons. The van der Waals surface area contributed by atoms with Gasteiger partial charge in [0.05, 0.1) is 0 Å². The number of hydrogen-bond acceptors (Lipinski definition) is 1. The largest absolute Gasteiger partial charge is 0.273 e. The van der Waals surface area contributed by atoms with E-state index >= 15 is 0 Å². The molecule has 1 unspecified atom stereocenters. The van der Waals surface area contributed by atoms with Gasteiger partial charge in [0.25, 0.3) is 0 Å². The fraction of sp³-hybridized carbons (Fsp3) is 0.500. The number of nitrogens with zero attached hydrogens (tertiary/aromatic N) is 1. The summed E-state index contributed by atoms with van der Waals surface area (Å²) >= 11 is 8.82. The molecule has 0 amide bonds. The minimum Gasteiger partial charge on any atom is -0.273 e. The van der Waals surface area contributed by atoms with Crippen molar-refractivity contribution in [1.82, 2.24) is 0 Å². The molecule has 9 heavy (non-hydrogen) atoms. The molecule has 0 saturated heterocycles. The normalized spacial score (nSPS) is 15.4. The standard InChI is InChI=1S/C6H9BrClN/c1-2-3-4-9-6(8)5-7/h2-4,6H,5H2,1H3/b3-2-,9-4?.